The van der Waals surface area contributed by atoms with E-state index in [0.717, 1.165) is 32.1 Å². The van der Waals surface area contributed by atoms with Crippen molar-refractivity contribution in [3.05, 3.63) is 35.9 Å². The van der Waals surface area contributed by atoms with Crippen LogP contribution in [0.5, 0.6) is 0 Å². The minimum atomic E-state index is -1.25. The van der Waals surface area contributed by atoms with Gasteiger partial charge in [0.25, 0.3) is 5.91 Å². The Morgan fingerprint density at radius 3 is 2.20 bits per heavy atom. The normalized spacial score (nSPS) is 21.0. The molecule has 49 heavy (non-hydrogen) atoms. The number of carbonyl (C=O) groups excluding carboxylic acids is 8. The number of ketones is 1. The first-order chi connectivity index (χ1) is 23.5. The van der Waals surface area contributed by atoms with Crippen LogP contribution in [0.2, 0.25) is 0 Å². The van der Waals surface area contributed by atoms with E-state index in [9.17, 15) is 38.4 Å². The van der Waals surface area contributed by atoms with E-state index in [1.807, 2.05) is 0 Å². The van der Waals surface area contributed by atoms with Crippen molar-refractivity contribution >= 4 is 47.1 Å². The first kappa shape index (κ1) is 38.6. The lowest BCUT2D eigenvalue weighted by Gasteiger charge is -2.31. The molecule has 1 aromatic carbocycles. The molecule has 0 bridgehead atoms. The lowest BCUT2D eigenvalue weighted by atomic mass is 9.83. The van der Waals surface area contributed by atoms with Crippen LogP contribution in [0.15, 0.2) is 30.3 Å². The van der Waals surface area contributed by atoms with Gasteiger partial charge in [-0.05, 0) is 50.0 Å². The Balaban J connectivity index is 1.68. The summed E-state index contributed by atoms with van der Waals surface area (Å²) in [6, 6.07) is 3.90. The highest BCUT2D eigenvalue weighted by atomic mass is 16.2. The Labute approximate surface area is 286 Å². The molecule has 15 heteroatoms. The van der Waals surface area contributed by atoms with Gasteiger partial charge in [0.05, 0.1) is 12.6 Å². The molecule has 0 radical (unpaired) electrons. The molecule has 2 fully saturated rings. The van der Waals surface area contributed by atoms with Gasteiger partial charge in [-0.1, -0.05) is 62.9 Å². The Morgan fingerprint density at radius 1 is 0.857 bits per heavy atom. The molecule has 4 atom stereocenters. The van der Waals surface area contributed by atoms with Gasteiger partial charge in [0.2, 0.25) is 41.2 Å². The SMILES string of the molecule is CCCC(NC(=O)C1CCCCNC(=O)CCC(=O)NC(C2CCCCC2)C(=O)N1)C(=O)C(=O)NCC(=O)NC(C(N)=O)c1ccccc1. The van der Waals surface area contributed by atoms with Crippen molar-refractivity contribution in [2.75, 3.05) is 13.1 Å². The molecule has 268 valence electrons. The number of rotatable bonds is 12. The number of hydrogen-bond donors (Lipinski definition) is 7. The Kier molecular flexibility index (Phi) is 15.7. The molecule has 1 aromatic rings. The molecule has 1 saturated carbocycles. The van der Waals surface area contributed by atoms with Gasteiger partial charge >= 0.3 is 0 Å². The van der Waals surface area contributed by atoms with Crippen LogP contribution in [0.25, 0.3) is 0 Å². The molecule has 7 amide bonds. The zero-order valence-corrected chi connectivity index (χ0v) is 28.0. The van der Waals surface area contributed by atoms with E-state index in [-0.39, 0.29) is 37.5 Å². The number of primary amides is 1. The second-order valence-corrected chi connectivity index (χ2v) is 12.6. The van der Waals surface area contributed by atoms with Crippen molar-refractivity contribution in [3.63, 3.8) is 0 Å². The van der Waals surface area contributed by atoms with Gasteiger partial charge in [-0.3, -0.25) is 38.4 Å². The Hall–Kier alpha value is -4.82. The third-order valence-electron chi connectivity index (χ3n) is 8.74. The van der Waals surface area contributed by atoms with Gasteiger partial charge in [-0.2, -0.15) is 0 Å². The quantitative estimate of drug-likeness (QED) is 0.147. The lowest BCUT2D eigenvalue weighted by molar-refractivity contribution is -0.141. The third kappa shape index (κ3) is 12.6. The standard InChI is InChI=1S/C34H49N7O8/c1-2-11-23(30(45)34(49)37-20-27(44)41-28(31(35)46)21-12-5-3-6-13-21)38-32(47)24-16-9-10-19-36-25(42)17-18-26(43)40-29(33(48)39-24)22-14-7-4-8-15-22/h3,5-6,12-13,22-24,28-29H,2,4,7-11,14-20H2,1H3,(H2,35,46)(H,36,42)(H,37,49)(H,38,47)(H,39,48)(H,40,43)(H,41,44). The first-order valence-corrected chi connectivity index (χ1v) is 17.1. The topological polar surface area (TPSA) is 235 Å². The minimum absolute atomic E-state index is 0.00253. The van der Waals surface area contributed by atoms with Crippen molar-refractivity contribution in [1.82, 2.24) is 31.9 Å². The highest BCUT2D eigenvalue weighted by Gasteiger charge is 2.35. The highest BCUT2D eigenvalue weighted by Crippen LogP contribution is 2.27. The predicted octanol–water partition coefficient (Wildman–Crippen LogP) is -0.0704. The number of nitrogens with two attached hydrogens (primary N) is 1. The molecule has 1 saturated heterocycles. The lowest BCUT2D eigenvalue weighted by Crippen LogP contribution is -2.58. The number of hydrogen-bond acceptors (Lipinski definition) is 8. The number of Topliss-reactive ketones (excluding diaryl/α,β-unsaturated/α-hetero) is 1. The average Bonchev–Trinajstić information content (AvgIpc) is 3.09. The zero-order valence-electron chi connectivity index (χ0n) is 28.0. The fraction of sp³-hybridized carbons (Fsp3) is 0.588. The van der Waals surface area contributed by atoms with Gasteiger partial charge in [-0.25, -0.2) is 0 Å². The van der Waals surface area contributed by atoms with E-state index in [4.69, 9.17) is 5.73 Å². The van der Waals surface area contributed by atoms with Crippen molar-refractivity contribution in [2.45, 2.75) is 108 Å². The fourth-order valence-electron chi connectivity index (χ4n) is 6.07. The van der Waals surface area contributed by atoms with Crippen LogP contribution in [0.3, 0.4) is 0 Å². The maximum Gasteiger partial charge on any atom is 0.290 e. The predicted molar refractivity (Wildman–Crippen MR) is 178 cm³/mol. The second kappa shape index (κ2) is 19.9. The van der Waals surface area contributed by atoms with Crippen LogP contribution < -0.4 is 37.6 Å². The van der Waals surface area contributed by atoms with Gasteiger partial charge in [0, 0.05) is 19.4 Å². The summed E-state index contributed by atoms with van der Waals surface area (Å²) in [4.78, 5) is 103. The van der Waals surface area contributed by atoms with Crippen LogP contribution in [-0.4, -0.2) is 78.3 Å². The summed E-state index contributed by atoms with van der Waals surface area (Å²) in [7, 11) is 0. The van der Waals surface area contributed by atoms with Gasteiger partial charge in [0.15, 0.2) is 0 Å². The monoisotopic (exact) mass is 683 g/mol. The number of nitrogens with one attached hydrogen (secondary N) is 6. The van der Waals surface area contributed by atoms with E-state index < -0.39 is 71.9 Å². The maximum atomic E-state index is 13.6. The van der Waals surface area contributed by atoms with Crippen LogP contribution in [0.1, 0.15) is 95.6 Å². The number of carbonyl (C=O) groups is 8. The molecule has 1 heterocycles. The molecule has 8 N–H and O–H groups in total. The average molecular weight is 684 g/mol. The summed E-state index contributed by atoms with van der Waals surface area (Å²) in [5, 5.41) is 15.6. The van der Waals surface area contributed by atoms with E-state index in [2.05, 4.69) is 31.9 Å². The zero-order chi connectivity index (χ0) is 35.8. The summed E-state index contributed by atoms with van der Waals surface area (Å²) in [6.07, 6.45) is 5.89. The molecule has 1 aliphatic heterocycles. The van der Waals surface area contributed by atoms with Gasteiger partial charge in [0.1, 0.15) is 18.1 Å². The molecule has 0 spiro atoms. The van der Waals surface area contributed by atoms with Gasteiger partial charge < -0.3 is 37.6 Å². The van der Waals surface area contributed by atoms with Crippen molar-refractivity contribution in [1.29, 1.82) is 0 Å². The Bertz CT molecular complexity index is 1350. The Morgan fingerprint density at radius 2 is 1.53 bits per heavy atom. The summed E-state index contributed by atoms with van der Waals surface area (Å²) >= 11 is 0. The highest BCUT2D eigenvalue weighted by molar-refractivity contribution is 6.38. The van der Waals surface area contributed by atoms with E-state index in [1.54, 1.807) is 37.3 Å². The van der Waals surface area contributed by atoms with Crippen LogP contribution in [0.4, 0.5) is 0 Å². The first-order valence-electron chi connectivity index (χ1n) is 17.1. The second-order valence-electron chi connectivity index (χ2n) is 12.6. The molecule has 2 aliphatic rings. The molecule has 1 aliphatic carbocycles. The number of amides is 7. The van der Waals surface area contributed by atoms with E-state index >= 15 is 0 Å². The molecule has 4 unspecified atom stereocenters. The fourth-order valence-corrected chi connectivity index (χ4v) is 6.07. The third-order valence-corrected chi connectivity index (χ3v) is 8.74. The summed E-state index contributed by atoms with van der Waals surface area (Å²) in [5.41, 5.74) is 5.88. The molecule has 3 rings (SSSR count). The minimum Gasteiger partial charge on any atom is -0.368 e. The molecular weight excluding hydrogens is 634 g/mol. The molecule has 0 aromatic heterocycles. The van der Waals surface area contributed by atoms with Crippen molar-refractivity contribution < 1.29 is 38.4 Å². The molecular formula is C34H49N7O8. The summed E-state index contributed by atoms with van der Waals surface area (Å²) < 4.78 is 0. The smallest absolute Gasteiger partial charge is 0.290 e. The maximum absolute atomic E-state index is 13.6. The van der Waals surface area contributed by atoms with Crippen molar-refractivity contribution in [3.8, 4) is 0 Å². The van der Waals surface area contributed by atoms with Crippen LogP contribution >= 0.6 is 0 Å². The largest absolute Gasteiger partial charge is 0.368 e. The van der Waals surface area contributed by atoms with Crippen LogP contribution in [-0.2, 0) is 38.4 Å². The van der Waals surface area contributed by atoms with Crippen molar-refractivity contribution in [2.24, 2.45) is 11.7 Å². The summed E-state index contributed by atoms with van der Waals surface area (Å²) in [5.74, 6) is -5.72. The van der Waals surface area contributed by atoms with E-state index in [0.29, 0.717) is 31.4 Å². The van der Waals surface area contributed by atoms with Crippen LogP contribution in [0, 0.1) is 5.92 Å². The molecule has 15 nitrogen and oxygen atoms in total. The number of benzene rings is 1. The summed E-state index contributed by atoms with van der Waals surface area (Å²) in [6.45, 7) is 1.46. The van der Waals surface area contributed by atoms with Gasteiger partial charge in [-0.15, -0.1) is 0 Å². The van der Waals surface area contributed by atoms with E-state index in [1.165, 1.54) is 0 Å².